The van der Waals surface area contributed by atoms with Crippen LogP contribution in [0.4, 0.5) is 5.69 Å². The van der Waals surface area contributed by atoms with Gasteiger partial charge in [-0.3, -0.25) is 9.59 Å². The van der Waals surface area contributed by atoms with Crippen molar-refractivity contribution in [1.29, 1.82) is 0 Å². The number of aryl methyl sites for hydroxylation is 2. The van der Waals surface area contributed by atoms with E-state index in [1.807, 2.05) is 47.4 Å². The molecule has 0 radical (unpaired) electrons. The van der Waals surface area contributed by atoms with Crippen molar-refractivity contribution >= 4 is 29.1 Å². The predicted molar refractivity (Wildman–Crippen MR) is 126 cm³/mol. The fraction of sp³-hybridized carbons (Fsp3) is 0.231. The van der Waals surface area contributed by atoms with E-state index in [9.17, 15) is 9.59 Å². The second-order valence-corrected chi connectivity index (χ2v) is 8.54. The van der Waals surface area contributed by atoms with E-state index in [-0.39, 0.29) is 11.8 Å². The SMILES string of the molecule is CC(=O)N1Cc2cc(-c3ccccc3C(=O)N(C)C)ccc2CCc2cc(Cl)ccc21. The molecule has 0 unspecified atom stereocenters. The van der Waals surface area contributed by atoms with Crippen LogP contribution in [0, 0.1) is 0 Å². The van der Waals surface area contributed by atoms with Gasteiger partial charge in [-0.2, -0.15) is 0 Å². The van der Waals surface area contributed by atoms with Crippen LogP contribution >= 0.6 is 11.6 Å². The molecule has 158 valence electrons. The highest BCUT2D eigenvalue weighted by Crippen LogP contribution is 2.33. The molecule has 0 spiro atoms. The van der Waals surface area contributed by atoms with Crippen molar-refractivity contribution in [3.8, 4) is 11.1 Å². The van der Waals surface area contributed by atoms with Gasteiger partial charge >= 0.3 is 0 Å². The molecule has 4 rings (SSSR count). The number of hydrogen-bond acceptors (Lipinski definition) is 2. The third kappa shape index (κ3) is 4.21. The van der Waals surface area contributed by atoms with E-state index >= 15 is 0 Å². The minimum absolute atomic E-state index is 0.00925. The molecular weight excluding hydrogens is 408 g/mol. The van der Waals surface area contributed by atoms with Crippen LogP contribution < -0.4 is 4.90 Å². The molecule has 4 nitrogen and oxygen atoms in total. The Morgan fingerprint density at radius 1 is 0.903 bits per heavy atom. The van der Waals surface area contributed by atoms with E-state index in [2.05, 4.69) is 18.2 Å². The smallest absolute Gasteiger partial charge is 0.253 e. The summed E-state index contributed by atoms with van der Waals surface area (Å²) in [5.74, 6) is -0.0384. The topological polar surface area (TPSA) is 40.6 Å². The van der Waals surface area contributed by atoms with Crippen LogP contribution in [0.5, 0.6) is 0 Å². The van der Waals surface area contributed by atoms with Crippen molar-refractivity contribution in [2.75, 3.05) is 19.0 Å². The van der Waals surface area contributed by atoms with Crippen LogP contribution in [-0.4, -0.2) is 30.8 Å². The minimum Gasteiger partial charge on any atom is -0.345 e. The maximum Gasteiger partial charge on any atom is 0.253 e. The molecule has 0 saturated heterocycles. The summed E-state index contributed by atoms with van der Waals surface area (Å²) in [7, 11) is 3.52. The first-order chi connectivity index (χ1) is 14.8. The van der Waals surface area contributed by atoms with Crippen molar-refractivity contribution in [2.24, 2.45) is 0 Å². The maximum atomic E-state index is 12.7. The Hall–Kier alpha value is -3.11. The molecule has 5 heteroatoms. The Kier molecular flexibility index (Phi) is 5.84. The van der Waals surface area contributed by atoms with Crippen molar-refractivity contribution in [1.82, 2.24) is 4.90 Å². The van der Waals surface area contributed by atoms with Crippen LogP contribution in [0.3, 0.4) is 0 Å². The van der Waals surface area contributed by atoms with Crippen molar-refractivity contribution in [2.45, 2.75) is 26.3 Å². The third-order valence-electron chi connectivity index (χ3n) is 5.79. The van der Waals surface area contributed by atoms with Crippen molar-refractivity contribution in [3.63, 3.8) is 0 Å². The molecule has 0 bridgehead atoms. The minimum atomic E-state index is -0.0292. The van der Waals surface area contributed by atoms with E-state index < -0.39 is 0 Å². The molecule has 3 aromatic carbocycles. The Balaban J connectivity index is 1.79. The average molecular weight is 433 g/mol. The van der Waals surface area contributed by atoms with E-state index in [4.69, 9.17) is 11.6 Å². The molecular formula is C26H25ClN2O2. The fourth-order valence-electron chi connectivity index (χ4n) is 4.17. The second kappa shape index (κ2) is 8.56. The molecule has 0 fully saturated rings. The zero-order valence-corrected chi connectivity index (χ0v) is 18.7. The molecule has 3 aromatic rings. The van der Waals surface area contributed by atoms with Crippen molar-refractivity contribution < 1.29 is 9.59 Å². The summed E-state index contributed by atoms with van der Waals surface area (Å²) in [4.78, 5) is 28.6. The normalized spacial score (nSPS) is 13.0. The number of hydrogen-bond donors (Lipinski definition) is 0. The first-order valence-corrected chi connectivity index (χ1v) is 10.7. The van der Waals surface area contributed by atoms with E-state index in [0.29, 0.717) is 17.1 Å². The van der Waals surface area contributed by atoms with Crippen LogP contribution in [0.15, 0.2) is 60.7 Å². The summed E-state index contributed by atoms with van der Waals surface area (Å²) in [5, 5.41) is 0.681. The molecule has 0 atom stereocenters. The standard InChI is InChI=1S/C26H25ClN2O2/c1-17(30)29-16-21-14-19(23-6-4-5-7-24(23)26(31)28(2)3)10-8-18(21)9-11-20-15-22(27)12-13-25(20)29/h4-8,10,12-15H,9,11,16H2,1-3H3. The summed E-state index contributed by atoms with van der Waals surface area (Å²) < 4.78 is 0. The average Bonchev–Trinajstić information content (AvgIpc) is 2.74. The fourth-order valence-corrected chi connectivity index (χ4v) is 4.36. The summed E-state index contributed by atoms with van der Waals surface area (Å²) in [6, 6.07) is 19.7. The maximum absolute atomic E-state index is 12.7. The Morgan fingerprint density at radius 3 is 2.39 bits per heavy atom. The predicted octanol–water partition coefficient (Wildman–Crippen LogP) is 5.36. The summed E-state index contributed by atoms with van der Waals surface area (Å²) in [5.41, 5.74) is 6.84. The lowest BCUT2D eigenvalue weighted by atomic mass is 9.91. The molecule has 1 aliphatic rings. The van der Waals surface area contributed by atoms with Gasteiger partial charge in [0.1, 0.15) is 0 Å². The number of rotatable bonds is 2. The molecule has 0 aliphatic carbocycles. The van der Waals surface area contributed by atoms with Gasteiger partial charge in [0.2, 0.25) is 5.91 Å². The third-order valence-corrected chi connectivity index (χ3v) is 6.02. The van der Waals surface area contributed by atoms with Gasteiger partial charge in [-0.05, 0) is 71.0 Å². The molecule has 1 heterocycles. The molecule has 0 saturated carbocycles. The van der Waals surface area contributed by atoms with Gasteiger partial charge < -0.3 is 9.80 Å². The summed E-state index contributed by atoms with van der Waals surface area (Å²) in [6.07, 6.45) is 1.68. The number of halogens is 1. The van der Waals surface area contributed by atoms with Crippen LogP contribution in [0.1, 0.15) is 34.0 Å². The van der Waals surface area contributed by atoms with Gasteiger partial charge in [-0.15, -0.1) is 0 Å². The molecule has 0 aromatic heterocycles. The highest BCUT2D eigenvalue weighted by atomic mass is 35.5. The lowest BCUT2D eigenvalue weighted by Crippen LogP contribution is -2.30. The van der Waals surface area contributed by atoms with Gasteiger partial charge in [-0.25, -0.2) is 0 Å². The van der Waals surface area contributed by atoms with Crippen molar-refractivity contribution in [3.05, 3.63) is 87.9 Å². The summed E-state index contributed by atoms with van der Waals surface area (Å²) >= 11 is 6.21. The zero-order valence-electron chi connectivity index (χ0n) is 18.0. The lowest BCUT2D eigenvalue weighted by Gasteiger charge is -2.28. The molecule has 1 aliphatic heterocycles. The zero-order chi connectivity index (χ0) is 22.1. The van der Waals surface area contributed by atoms with Gasteiger partial charge in [0.25, 0.3) is 5.91 Å². The number of amides is 2. The van der Waals surface area contributed by atoms with Gasteiger partial charge in [0.05, 0.1) is 6.54 Å². The van der Waals surface area contributed by atoms with E-state index in [1.54, 1.807) is 25.9 Å². The Bertz CT molecular complexity index is 1170. The van der Waals surface area contributed by atoms with Gasteiger partial charge in [0, 0.05) is 37.3 Å². The Labute approximate surface area is 188 Å². The van der Waals surface area contributed by atoms with E-state index in [1.165, 1.54) is 5.56 Å². The van der Waals surface area contributed by atoms with Gasteiger partial charge in [0.15, 0.2) is 0 Å². The van der Waals surface area contributed by atoms with Crippen LogP contribution in [0.25, 0.3) is 11.1 Å². The summed E-state index contributed by atoms with van der Waals surface area (Å²) in [6.45, 7) is 2.07. The highest BCUT2D eigenvalue weighted by Gasteiger charge is 2.22. The Morgan fingerprint density at radius 2 is 1.65 bits per heavy atom. The largest absolute Gasteiger partial charge is 0.345 e. The quantitative estimate of drug-likeness (QED) is 0.546. The number of nitrogens with zero attached hydrogens (tertiary/aromatic N) is 2. The second-order valence-electron chi connectivity index (χ2n) is 8.11. The number of carbonyl (C=O) groups excluding carboxylic acids is 2. The van der Waals surface area contributed by atoms with Crippen LogP contribution in [0.2, 0.25) is 5.02 Å². The van der Waals surface area contributed by atoms with Crippen LogP contribution in [-0.2, 0) is 24.2 Å². The molecule has 31 heavy (non-hydrogen) atoms. The lowest BCUT2D eigenvalue weighted by molar-refractivity contribution is -0.116. The molecule has 0 N–H and O–H groups in total. The van der Waals surface area contributed by atoms with Gasteiger partial charge in [-0.1, -0.05) is 41.9 Å². The first-order valence-electron chi connectivity index (χ1n) is 10.3. The molecule has 2 amide bonds. The number of benzene rings is 3. The number of fused-ring (bicyclic) bond motifs is 2. The van der Waals surface area contributed by atoms with E-state index in [0.717, 1.165) is 40.8 Å². The number of anilines is 1. The highest BCUT2D eigenvalue weighted by molar-refractivity contribution is 6.30. The first kappa shape index (κ1) is 21.1. The monoisotopic (exact) mass is 432 g/mol. The number of carbonyl (C=O) groups is 2.